The molecule has 2 aliphatic heterocycles. The van der Waals surface area contributed by atoms with Gasteiger partial charge in [0.05, 0.1) is 0 Å². The quantitative estimate of drug-likeness (QED) is 0.647. The minimum Gasteiger partial charge on any atom is -0.330 e. The second-order valence-corrected chi connectivity index (χ2v) is 4.82. The van der Waals surface area contributed by atoms with Crippen LogP contribution in [0.15, 0.2) is 0 Å². The zero-order chi connectivity index (χ0) is 9.97. The Kier molecular flexibility index (Phi) is 3.42. The van der Waals surface area contributed by atoms with E-state index in [0.29, 0.717) is 0 Å². The standard InChI is InChI=1S/C11H23N3/c1-14-10-3-4-11(14)8-9(7-10)13-6-2-5-12/h9-11,13H,2-8,12H2,1H3. The number of fused-ring (bicyclic) bond motifs is 2. The van der Waals surface area contributed by atoms with E-state index in [1.807, 2.05) is 0 Å². The third kappa shape index (κ3) is 2.10. The molecule has 0 saturated carbocycles. The average molecular weight is 197 g/mol. The number of hydrogen-bond donors (Lipinski definition) is 2. The number of nitrogens with one attached hydrogen (secondary N) is 1. The first-order chi connectivity index (χ1) is 6.81. The first-order valence-electron chi connectivity index (χ1n) is 5.96. The van der Waals surface area contributed by atoms with Crippen LogP contribution in [-0.4, -0.2) is 43.2 Å². The Morgan fingerprint density at radius 1 is 1.29 bits per heavy atom. The monoisotopic (exact) mass is 197 g/mol. The molecule has 0 spiro atoms. The van der Waals surface area contributed by atoms with Gasteiger partial charge in [-0.25, -0.2) is 0 Å². The van der Waals surface area contributed by atoms with E-state index in [4.69, 9.17) is 5.73 Å². The molecule has 2 atom stereocenters. The van der Waals surface area contributed by atoms with E-state index in [1.54, 1.807) is 0 Å². The summed E-state index contributed by atoms with van der Waals surface area (Å²) < 4.78 is 0. The minimum absolute atomic E-state index is 0.759. The van der Waals surface area contributed by atoms with Crippen molar-refractivity contribution in [2.45, 2.75) is 50.2 Å². The Labute approximate surface area is 87.0 Å². The van der Waals surface area contributed by atoms with Crippen molar-refractivity contribution >= 4 is 0 Å². The zero-order valence-corrected chi connectivity index (χ0v) is 9.21. The van der Waals surface area contributed by atoms with E-state index in [0.717, 1.165) is 37.6 Å². The fourth-order valence-electron chi connectivity index (χ4n) is 2.99. The first-order valence-corrected chi connectivity index (χ1v) is 5.96. The number of rotatable bonds is 4. The van der Waals surface area contributed by atoms with Gasteiger partial charge in [-0.15, -0.1) is 0 Å². The first kappa shape index (κ1) is 10.4. The summed E-state index contributed by atoms with van der Waals surface area (Å²) in [5, 5.41) is 3.64. The highest BCUT2D eigenvalue weighted by Gasteiger charge is 2.37. The van der Waals surface area contributed by atoms with E-state index in [1.165, 1.54) is 25.7 Å². The minimum atomic E-state index is 0.759. The van der Waals surface area contributed by atoms with Crippen molar-refractivity contribution in [1.82, 2.24) is 10.2 Å². The molecule has 3 nitrogen and oxygen atoms in total. The van der Waals surface area contributed by atoms with Crippen LogP contribution in [-0.2, 0) is 0 Å². The molecule has 2 aliphatic rings. The molecular formula is C11H23N3. The highest BCUT2D eigenvalue weighted by Crippen LogP contribution is 2.33. The highest BCUT2D eigenvalue weighted by molar-refractivity contribution is 4.95. The summed E-state index contributed by atoms with van der Waals surface area (Å²) >= 11 is 0. The van der Waals surface area contributed by atoms with Crippen molar-refractivity contribution in [3.05, 3.63) is 0 Å². The molecule has 0 aliphatic carbocycles. The van der Waals surface area contributed by atoms with Crippen molar-refractivity contribution < 1.29 is 0 Å². The largest absolute Gasteiger partial charge is 0.330 e. The lowest BCUT2D eigenvalue weighted by Gasteiger charge is -2.36. The van der Waals surface area contributed by atoms with Gasteiger partial charge >= 0.3 is 0 Å². The maximum absolute atomic E-state index is 5.48. The van der Waals surface area contributed by atoms with E-state index in [-0.39, 0.29) is 0 Å². The second-order valence-electron chi connectivity index (χ2n) is 4.82. The summed E-state index contributed by atoms with van der Waals surface area (Å²) in [6, 6.07) is 2.46. The maximum atomic E-state index is 5.48. The molecular weight excluding hydrogens is 174 g/mol. The molecule has 2 rings (SSSR count). The summed E-state index contributed by atoms with van der Waals surface area (Å²) in [5.41, 5.74) is 5.48. The third-order valence-electron chi connectivity index (χ3n) is 3.91. The van der Waals surface area contributed by atoms with Gasteiger partial charge in [0.2, 0.25) is 0 Å². The van der Waals surface area contributed by atoms with Crippen LogP contribution in [0.1, 0.15) is 32.1 Å². The number of hydrogen-bond acceptors (Lipinski definition) is 3. The van der Waals surface area contributed by atoms with E-state index in [2.05, 4.69) is 17.3 Å². The third-order valence-corrected chi connectivity index (χ3v) is 3.91. The van der Waals surface area contributed by atoms with Crippen molar-refractivity contribution in [2.75, 3.05) is 20.1 Å². The average Bonchev–Trinajstić information content (AvgIpc) is 2.41. The van der Waals surface area contributed by atoms with Crippen molar-refractivity contribution in [2.24, 2.45) is 5.73 Å². The van der Waals surface area contributed by atoms with Gasteiger partial charge in [0.1, 0.15) is 0 Å². The van der Waals surface area contributed by atoms with Gasteiger partial charge in [0, 0.05) is 18.1 Å². The smallest absolute Gasteiger partial charge is 0.0111 e. The topological polar surface area (TPSA) is 41.3 Å². The maximum Gasteiger partial charge on any atom is 0.0111 e. The van der Waals surface area contributed by atoms with Crippen LogP contribution in [0.3, 0.4) is 0 Å². The summed E-state index contributed by atoms with van der Waals surface area (Å²) in [5.74, 6) is 0. The predicted molar refractivity (Wildman–Crippen MR) is 59.3 cm³/mol. The Morgan fingerprint density at radius 3 is 2.50 bits per heavy atom. The fourth-order valence-corrected chi connectivity index (χ4v) is 2.99. The zero-order valence-electron chi connectivity index (χ0n) is 9.21. The predicted octanol–water partition coefficient (Wildman–Crippen LogP) is 0.550. The second kappa shape index (κ2) is 4.60. The van der Waals surface area contributed by atoms with Crippen LogP contribution in [0.2, 0.25) is 0 Å². The van der Waals surface area contributed by atoms with Crippen LogP contribution in [0.5, 0.6) is 0 Å². The van der Waals surface area contributed by atoms with Crippen molar-refractivity contribution in [1.29, 1.82) is 0 Å². The normalized spacial score (nSPS) is 37.7. The lowest BCUT2D eigenvalue weighted by molar-refractivity contribution is 0.149. The SMILES string of the molecule is CN1C2CCC1CC(NCCCN)C2. The molecule has 3 N–H and O–H groups in total. The number of piperidine rings is 1. The molecule has 0 aromatic rings. The van der Waals surface area contributed by atoms with Crippen LogP contribution in [0.4, 0.5) is 0 Å². The van der Waals surface area contributed by atoms with Gasteiger partial charge in [-0.05, 0) is 52.2 Å². The Morgan fingerprint density at radius 2 is 1.93 bits per heavy atom. The molecule has 2 saturated heterocycles. The molecule has 0 aromatic carbocycles. The summed E-state index contributed by atoms with van der Waals surface area (Å²) in [7, 11) is 2.29. The molecule has 0 amide bonds. The molecule has 2 bridgehead atoms. The number of nitrogens with two attached hydrogens (primary N) is 1. The fraction of sp³-hybridized carbons (Fsp3) is 1.00. The Balaban J connectivity index is 1.76. The molecule has 2 fully saturated rings. The number of nitrogens with zero attached hydrogens (tertiary/aromatic N) is 1. The summed E-state index contributed by atoms with van der Waals surface area (Å²) in [6.45, 7) is 1.91. The summed E-state index contributed by atoms with van der Waals surface area (Å²) in [6.07, 6.45) is 6.63. The lowest BCUT2D eigenvalue weighted by Crippen LogP contribution is -2.47. The van der Waals surface area contributed by atoms with Gasteiger partial charge < -0.3 is 16.0 Å². The molecule has 0 radical (unpaired) electrons. The van der Waals surface area contributed by atoms with Gasteiger partial charge in [0.15, 0.2) is 0 Å². The van der Waals surface area contributed by atoms with Gasteiger partial charge in [-0.1, -0.05) is 0 Å². The van der Waals surface area contributed by atoms with Gasteiger partial charge in [-0.3, -0.25) is 0 Å². The van der Waals surface area contributed by atoms with Crippen LogP contribution >= 0.6 is 0 Å². The summed E-state index contributed by atoms with van der Waals surface area (Å²) in [4.78, 5) is 2.58. The van der Waals surface area contributed by atoms with Crippen molar-refractivity contribution in [3.8, 4) is 0 Å². The molecule has 2 unspecified atom stereocenters. The molecule has 0 aromatic heterocycles. The Hall–Kier alpha value is -0.120. The molecule has 2 heterocycles. The van der Waals surface area contributed by atoms with E-state index < -0.39 is 0 Å². The lowest BCUT2D eigenvalue weighted by atomic mass is 9.98. The van der Waals surface area contributed by atoms with Crippen molar-refractivity contribution in [3.63, 3.8) is 0 Å². The van der Waals surface area contributed by atoms with E-state index >= 15 is 0 Å². The molecule has 14 heavy (non-hydrogen) atoms. The Bertz CT molecular complexity index is 169. The van der Waals surface area contributed by atoms with Gasteiger partial charge in [-0.2, -0.15) is 0 Å². The van der Waals surface area contributed by atoms with Gasteiger partial charge in [0.25, 0.3) is 0 Å². The van der Waals surface area contributed by atoms with E-state index in [9.17, 15) is 0 Å². The molecule has 3 heteroatoms. The van der Waals surface area contributed by atoms with Crippen LogP contribution in [0.25, 0.3) is 0 Å². The van der Waals surface area contributed by atoms with Crippen LogP contribution in [0, 0.1) is 0 Å². The highest BCUT2D eigenvalue weighted by atomic mass is 15.2. The molecule has 82 valence electrons. The van der Waals surface area contributed by atoms with Crippen LogP contribution < -0.4 is 11.1 Å².